The molecule has 0 spiro atoms. The van der Waals surface area contributed by atoms with Crippen LogP contribution in [0.1, 0.15) is 31.1 Å². The Labute approximate surface area is 84.4 Å². The summed E-state index contributed by atoms with van der Waals surface area (Å²) >= 11 is 1.75. The van der Waals surface area contributed by atoms with Crippen molar-refractivity contribution in [3.63, 3.8) is 0 Å². The van der Waals surface area contributed by atoms with E-state index in [0.717, 1.165) is 6.42 Å². The van der Waals surface area contributed by atoms with Crippen molar-refractivity contribution in [2.75, 3.05) is 7.05 Å². The van der Waals surface area contributed by atoms with Gasteiger partial charge in [-0.3, -0.25) is 4.98 Å². The molecule has 2 nitrogen and oxygen atoms in total. The summed E-state index contributed by atoms with van der Waals surface area (Å²) in [5, 5.41) is 3.35. The molecule has 0 amide bonds. The van der Waals surface area contributed by atoms with E-state index in [1.165, 1.54) is 24.1 Å². The molecule has 0 fully saturated rings. The maximum atomic E-state index is 4.07. The number of thiazole rings is 1. The first-order chi connectivity index (χ1) is 6.36. The molecule has 74 valence electrons. The summed E-state index contributed by atoms with van der Waals surface area (Å²) in [6.07, 6.45) is 6.90. The Morgan fingerprint density at radius 2 is 2.38 bits per heavy atom. The molecular formula is C10H18N2S. The number of nitrogens with zero attached hydrogens (tertiary/aromatic N) is 1. The number of aryl methyl sites for hydroxylation is 1. The number of aromatic nitrogens is 1. The first-order valence-electron chi connectivity index (χ1n) is 4.91. The van der Waals surface area contributed by atoms with Crippen LogP contribution in [-0.4, -0.2) is 18.1 Å². The second-order valence-corrected chi connectivity index (χ2v) is 4.25. The van der Waals surface area contributed by atoms with Gasteiger partial charge in [0.1, 0.15) is 0 Å². The molecule has 0 saturated heterocycles. The normalized spacial score (nSPS) is 13.1. The van der Waals surface area contributed by atoms with E-state index in [1.807, 2.05) is 18.8 Å². The third kappa shape index (κ3) is 3.87. The van der Waals surface area contributed by atoms with E-state index in [1.54, 1.807) is 11.3 Å². The Hall–Kier alpha value is -0.410. The van der Waals surface area contributed by atoms with Crippen molar-refractivity contribution in [2.24, 2.45) is 0 Å². The molecule has 0 aliphatic rings. The van der Waals surface area contributed by atoms with Gasteiger partial charge in [0.05, 0.1) is 5.51 Å². The topological polar surface area (TPSA) is 24.9 Å². The first kappa shape index (κ1) is 10.7. The Kier molecular flexibility index (Phi) is 5.01. The molecule has 0 saturated carbocycles. The Morgan fingerprint density at radius 3 is 2.92 bits per heavy atom. The zero-order valence-electron chi connectivity index (χ0n) is 8.42. The van der Waals surface area contributed by atoms with Crippen LogP contribution in [0.25, 0.3) is 0 Å². The minimum atomic E-state index is 0.673. The van der Waals surface area contributed by atoms with E-state index < -0.39 is 0 Å². The number of nitrogens with one attached hydrogen (secondary N) is 1. The van der Waals surface area contributed by atoms with Crippen LogP contribution in [0.4, 0.5) is 0 Å². The van der Waals surface area contributed by atoms with E-state index in [0.29, 0.717) is 6.04 Å². The Bertz CT molecular complexity index is 209. The largest absolute Gasteiger partial charge is 0.317 e. The van der Waals surface area contributed by atoms with Crippen molar-refractivity contribution >= 4 is 11.3 Å². The van der Waals surface area contributed by atoms with Crippen LogP contribution < -0.4 is 5.32 Å². The smallest absolute Gasteiger partial charge is 0.0794 e. The van der Waals surface area contributed by atoms with Crippen molar-refractivity contribution in [3.05, 3.63) is 16.6 Å². The summed E-state index contributed by atoms with van der Waals surface area (Å²) in [5.41, 5.74) is 1.91. The fraction of sp³-hybridized carbons (Fsp3) is 0.700. The summed E-state index contributed by atoms with van der Waals surface area (Å²) in [7, 11) is 2.05. The van der Waals surface area contributed by atoms with Crippen molar-refractivity contribution in [2.45, 2.75) is 38.6 Å². The SMILES string of the molecule is CCCC(CCc1cncs1)NC. The van der Waals surface area contributed by atoms with Crippen LogP contribution in [0, 0.1) is 0 Å². The van der Waals surface area contributed by atoms with Gasteiger partial charge in [-0.1, -0.05) is 13.3 Å². The number of rotatable bonds is 6. The van der Waals surface area contributed by atoms with Crippen LogP contribution >= 0.6 is 11.3 Å². The second kappa shape index (κ2) is 6.11. The fourth-order valence-corrected chi connectivity index (χ4v) is 2.08. The number of hydrogen-bond donors (Lipinski definition) is 1. The first-order valence-corrected chi connectivity index (χ1v) is 5.79. The third-order valence-electron chi connectivity index (χ3n) is 2.27. The molecule has 1 N–H and O–H groups in total. The summed E-state index contributed by atoms with van der Waals surface area (Å²) in [4.78, 5) is 5.47. The molecule has 0 aliphatic heterocycles. The van der Waals surface area contributed by atoms with Crippen LogP contribution in [0.15, 0.2) is 11.7 Å². The van der Waals surface area contributed by atoms with Gasteiger partial charge in [0.2, 0.25) is 0 Å². The third-order valence-corrected chi connectivity index (χ3v) is 3.11. The van der Waals surface area contributed by atoms with Crippen LogP contribution in [0.3, 0.4) is 0 Å². The summed E-state index contributed by atoms with van der Waals surface area (Å²) in [6, 6.07) is 0.673. The van der Waals surface area contributed by atoms with E-state index in [2.05, 4.69) is 17.2 Å². The summed E-state index contributed by atoms with van der Waals surface area (Å²) < 4.78 is 0. The highest BCUT2D eigenvalue weighted by Crippen LogP contribution is 2.11. The van der Waals surface area contributed by atoms with Crippen molar-refractivity contribution in [1.82, 2.24) is 10.3 Å². The van der Waals surface area contributed by atoms with Gasteiger partial charge in [0.25, 0.3) is 0 Å². The molecule has 1 unspecified atom stereocenters. The van der Waals surface area contributed by atoms with Gasteiger partial charge in [0, 0.05) is 17.1 Å². The maximum Gasteiger partial charge on any atom is 0.0794 e. The Morgan fingerprint density at radius 1 is 1.54 bits per heavy atom. The number of hydrogen-bond acceptors (Lipinski definition) is 3. The molecule has 3 heteroatoms. The lowest BCUT2D eigenvalue weighted by Gasteiger charge is -2.13. The molecule has 1 heterocycles. The molecule has 1 aromatic rings. The van der Waals surface area contributed by atoms with Crippen LogP contribution in [-0.2, 0) is 6.42 Å². The summed E-state index contributed by atoms with van der Waals surface area (Å²) in [6.45, 7) is 2.23. The second-order valence-electron chi connectivity index (χ2n) is 3.28. The molecular weight excluding hydrogens is 180 g/mol. The van der Waals surface area contributed by atoms with Gasteiger partial charge in [-0.2, -0.15) is 0 Å². The highest BCUT2D eigenvalue weighted by Gasteiger charge is 2.05. The minimum Gasteiger partial charge on any atom is -0.317 e. The fourth-order valence-electron chi connectivity index (χ4n) is 1.46. The zero-order valence-corrected chi connectivity index (χ0v) is 9.23. The van der Waals surface area contributed by atoms with Crippen molar-refractivity contribution < 1.29 is 0 Å². The highest BCUT2D eigenvalue weighted by molar-refractivity contribution is 7.09. The van der Waals surface area contributed by atoms with Gasteiger partial charge < -0.3 is 5.32 Å². The average molecular weight is 198 g/mol. The Balaban J connectivity index is 2.23. The lowest BCUT2D eigenvalue weighted by molar-refractivity contribution is 0.485. The molecule has 1 rings (SSSR count). The molecule has 0 aromatic carbocycles. The quantitative estimate of drug-likeness (QED) is 0.759. The molecule has 0 aliphatic carbocycles. The van der Waals surface area contributed by atoms with E-state index in [-0.39, 0.29) is 0 Å². The predicted octanol–water partition coefficient (Wildman–Crippen LogP) is 2.46. The average Bonchev–Trinajstić information content (AvgIpc) is 2.64. The van der Waals surface area contributed by atoms with Gasteiger partial charge >= 0.3 is 0 Å². The lowest BCUT2D eigenvalue weighted by Crippen LogP contribution is -2.25. The van der Waals surface area contributed by atoms with Crippen molar-refractivity contribution in [3.8, 4) is 0 Å². The van der Waals surface area contributed by atoms with Crippen LogP contribution in [0.2, 0.25) is 0 Å². The summed E-state index contributed by atoms with van der Waals surface area (Å²) in [5.74, 6) is 0. The van der Waals surface area contributed by atoms with Crippen molar-refractivity contribution in [1.29, 1.82) is 0 Å². The van der Waals surface area contributed by atoms with Gasteiger partial charge in [-0.05, 0) is 26.3 Å². The molecule has 1 atom stereocenters. The molecule has 1 aromatic heterocycles. The highest BCUT2D eigenvalue weighted by atomic mass is 32.1. The van der Waals surface area contributed by atoms with Gasteiger partial charge in [-0.25, -0.2) is 0 Å². The van der Waals surface area contributed by atoms with E-state index in [9.17, 15) is 0 Å². The molecule has 13 heavy (non-hydrogen) atoms. The van der Waals surface area contributed by atoms with E-state index >= 15 is 0 Å². The zero-order chi connectivity index (χ0) is 9.52. The van der Waals surface area contributed by atoms with Crippen LogP contribution in [0.5, 0.6) is 0 Å². The predicted molar refractivity (Wildman–Crippen MR) is 58.2 cm³/mol. The molecule has 0 radical (unpaired) electrons. The monoisotopic (exact) mass is 198 g/mol. The van der Waals surface area contributed by atoms with Gasteiger partial charge in [-0.15, -0.1) is 11.3 Å². The standard InChI is InChI=1S/C10H18N2S/c1-3-4-9(11-2)5-6-10-7-12-8-13-10/h7-9,11H,3-6H2,1-2H3. The van der Waals surface area contributed by atoms with E-state index in [4.69, 9.17) is 0 Å². The lowest BCUT2D eigenvalue weighted by atomic mass is 10.1. The van der Waals surface area contributed by atoms with Gasteiger partial charge in [0.15, 0.2) is 0 Å². The maximum absolute atomic E-state index is 4.07. The minimum absolute atomic E-state index is 0.673. The molecule has 0 bridgehead atoms.